The zero-order chi connectivity index (χ0) is 24.5. The monoisotopic (exact) mass is 513 g/mol. The summed E-state index contributed by atoms with van der Waals surface area (Å²) in [5.41, 5.74) is 4.69. The van der Waals surface area contributed by atoms with Crippen LogP contribution in [0.25, 0.3) is 31.4 Å². The first-order valence-electron chi connectivity index (χ1n) is 11.6. The zero-order valence-corrected chi connectivity index (χ0v) is 21.3. The predicted molar refractivity (Wildman–Crippen MR) is 144 cm³/mol. The molecule has 0 saturated carbocycles. The molecule has 0 fully saturated rings. The van der Waals surface area contributed by atoms with Crippen LogP contribution in [-0.2, 0) is 17.8 Å². The minimum atomic E-state index is 0.0284. The zero-order valence-electron chi connectivity index (χ0n) is 19.6. The summed E-state index contributed by atoms with van der Waals surface area (Å²) in [5, 5.41) is 3.81. The van der Waals surface area contributed by atoms with Gasteiger partial charge in [0.1, 0.15) is 16.6 Å². The maximum atomic E-state index is 13.3. The Balaban J connectivity index is 1.26. The lowest BCUT2D eigenvalue weighted by molar-refractivity contribution is -0.131. The van der Waals surface area contributed by atoms with Crippen molar-refractivity contribution < 1.29 is 14.3 Å². The molecule has 3 heterocycles. The van der Waals surface area contributed by atoms with E-state index >= 15 is 0 Å². The van der Waals surface area contributed by atoms with Gasteiger partial charge in [-0.25, -0.2) is 9.97 Å². The number of para-hydroxylation sites is 1. The first kappa shape index (κ1) is 22.7. The molecule has 6 nitrogen and oxygen atoms in total. The fourth-order valence-electron chi connectivity index (χ4n) is 4.34. The Morgan fingerprint density at radius 1 is 1.03 bits per heavy atom. The van der Waals surface area contributed by atoms with E-state index in [0.29, 0.717) is 31.2 Å². The van der Waals surface area contributed by atoms with E-state index in [1.807, 2.05) is 64.9 Å². The van der Waals surface area contributed by atoms with Gasteiger partial charge in [-0.2, -0.15) is 0 Å². The molecule has 1 amide bonds. The molecule has 36 heavy (non-hydrogen) atoms. The second kappa shape index (κ2) is 9.72. The van der Waals surface area contributed by atoms with E-state index in [1.165, 1.54) is 0 Å². The van der Waals surface area contributed by atoms with Gasteiger partial charge in [0, 0.05) is 28.6 Å². The number of carbonyl (C=O) groups excluding carboxylic acids is 1. The van der Waals surface area contributed by atoms with Crippen LogP contribution in [0.15, 0.2) is 72.1 Å². The quantitative estimate of drug-likeness (QED) is 0.286. The Bertz CT molecular complexity index is 1510. The Kier molecular flexibility index (Phi) is 6.13. The van der Waals surface area contributed by atoms with Gasteiger partial charge < -0.3 is 14.4 Å². The number of rotatable bonds is 5. The Labute approximate surface area is 216 Å². The van der Waals surface area contributed by atoms with Crippen LogP contribution < -0.4 is 9.47 Å². The highest BCUT2D eigenvalue weighted by molar-refractivity contribution is 7.21. The molecule has 0 aliphatic carbocycles. The van der Waals surface area contributed by atoms with Crippen molar-refractivity contribution >= 4 is 38.8 Å². The number of amides is 1. The van der Waals surface area contributed by atoms with Gasteiger partial charge >= 0.3 is 0 Å². The molecule has 5 aromatic rings. The summed E-state index contributed by atoms with van der Waals surface area (Å²) < 4.78 is 12.9. The number of carbonyl (C=O) groups is 1. The molecule has 3 aromatic carbocycles. The number of thiazole rings is 2. The van der Waals surface area contributed by atoms with Crippen LogP contribution in [0.2, 0.25) is 0 Å². The molecule has 8 heteroatoms. The summed E-state index contributed by atoms with van der Waals surface area (Å²) >= 11 is 3.20. The molecule has 0 N–H and O–H groups in total. The van der Waals surface area contributed by atoms with Crippen molar-refractivity contribution in [1.82, 2.24) is 14.9 Å². The van der Waals surface area contributed by atoms with Crippen LogP contribution in [0.4, 0.5) is 0 Å². The molecule has 180 valence electrons. The van der Waals surface area contributed by atoms with Crippen LogP contribution in [0.3, 0.4) is 0 Å². The molecule has 1 aliphatic rings. The van der Waals surface area contributed by atoms with Gasteiger partial charge in [0.05, 0.1) is 36.0 Å². The number of nitrogens with zero attached hydrogens (tertiary/aromatic N) is 3. The topological polar surface area (TPSA) is 64.6 Å². The highest BCUT2D eigenvalue weighted by atomic mass is 32.1. The second-order valence-electron chi connectivity index (χ2n) is 8.50. The van der Waals surface area contributed by atoms with E-state index in [0.717, 1.165) is 42.6 Å². The molecule has 2 aromatic heterocycles. The number of hydrogen-bond donors (Lipinski definition) is 0. The smallest absolute Gasteiger partial charge is 0.229 e. The first-order chi connectivity index (χ1) is 17.7. The fourth-order valence-corrected chi connectivity index (χ4v) is 6.11. The number of benzene rings is 3. The number of ether oxygens (including phenoxy) is 2. The molecule has 0 saturated heterocycles. The van der Waals surface area contributed by atoms with E-state index in [9.17, 15) is 4.79 Å². The number of methoxy groups -OCH3 is 1. The van der Waals surface area contributed by atoms with E-state index in [4.69, 9.17) is 19.4 Å². The lowest BCUT2D eigenvalue weighted by Gasteiger charge is -2.19. The summed E-state index contributed by atoms with van der Waals surface area (Å²) in [5.74, 6) is 1.38. The van der Waals surface area contributed by atoms with Crippen LogP contribution >= 0.6 is 22.7 Å². The van der Waals surface area contributed by atoms with Crippen LogP contribution in [0.5, 0.6) is 11.5 Å². The third-order valence-corrected chi connectivity index (χ3v) is 8.14. The maximum absolute atomic E-state index is 13.3. The Morgan fingerprint density at radius 2 is 1.86 bits per heavy atom. The number of fused-ring (bicyclic) bond motifs is 2. The Morgan fingerprint density at radius 3 is 2.69 bits per heavy atom. The molecule has 0 unspecified atom stereocenters. The van der Waals surface area contributed by atoms with Crippen molar-refractivity contribution in [3.63, 3.8) is 0 Å². The van der Waals surface area contributed by atoms with E-state index < -0.39 is 0 Å². The van der Waals surface area contributed by atoms with Gasteiger partial charge in [0.2, 0.25) is 5.91 Å². The first-order valence-corrected chi connectivity index (χ1v) is 13.3. The normalized spacial score (nSPS) is 13.2. The van der Waals surface area contributed by atoms with Crippen LogP contribution in [0, 0.1) is 0 Å². The third kappa shape index (κ3) is 4.45. The van der Waals surface area contributed by atoms with Crippen molar-refractivity contribution in [2.75, 3.05) is 20.3 Å². The van der Waals surface area contributed by atoms with Gasteiger partial charge in [-0.15, -0.1) is 22.7 Å². The van der Waals surface area contributed by atoms with E-state index in [1.54, 1.807) is 29.8 Å². The Hall–Kier alpha value is -3.75. The minimum absolute atomic E-state index is 0.0284. The second-order valence-corrected chi connectivity index (χ2v) is 10.4. The molecule has 1 aliphatic heterocycles. The van der Waals surface area contributed by atoms with Crippen LogP contribution in [-0.4, -0.2) is 41.0 Å². The van der Waals surface area contributed by atoms with E-state index in [-0.39, 0.29) is 12.3 Å². The summed E-state index contributed by atoms with van der Waals surface area (Å²) in [7, 11) is 1.64. The third-order valence-electron chi connectivity index (χ3n) is 6.12. The average molecular weight is 514 g/mol. The molecule has 0 bridgehead atoms. The highest BCUT2D eigenvalue weighted by Gasteiger charge is 2.25. The number of aromatic nitrogens is 2. The molecular weight excluding hydrogens is 490 g/mol. The van der Waals surface area contributed by atoms with Crippen molar-refractivity contribution in [2.45, 2.75) is 13.0 Å². The number of hydrogen-bond acceptors (Lipinski definition) is 7. The lowest BCUT2D eigenvalue weighted by atomic mass is 10.1. The molecular formula is C28H23N3O3S2. The standard InChI is InChI=1S/C28H23N3O3S2/c1-33-23-14-19(28-30-22-9-5-6-10-24(22)36-28)13-20-16-31(11-12-34-26(20)23)25(32)15-21-17-35-27(29-21)18-7-3-2-4-8-18/h2-10,13-14,17H,11-12,15-16H2,1H3. The van der Waals surface area contributed by atoms with Crippen molar-refractivity contribution in [1.29, 1.82) is 0 Å². The SMILES string of the molecule is COc1cc(-c2nc3ccccc3s2)cc2c1OCCN(C(=O)Cc1csc(-c3ccccc3)n1)C2. The van der Waals surface area contributed by atoms with Crippen molar-refractivity contribution in [3.8, 4) is 32.6 Å². The van der Waals surface area contributed by atoms with E-state index in [2.05, 4.69) is 12.1 Å². The average Bonchev–Trinajstić information content (AvgIpc) is 3.50. The van der Waals surface area contributed by atoms with Gasteiger partial charge in [0.15, 0.2) is 11.5 Å². The van der Waals surface area contributed by atoms with Crippen molar-refractivity contribution in [2.24, 2.45) is 0 Å². The summed E-state index contributed by atoms with van der Waals surface area (Å²) in [6.45, 7) is 1.35. The summed E-state index contributed by atoms with van der Waals surface area (Å²) in [4.78, 5) is 24.6. The molecule has 6 rings (SSSR count). The summed E-state index contributed by atoms with van der Waals surface area (Å²) in [6, 6.07) is 22.2. The maximum Gasteiger partial charge on any atom is 0.229 e. The van der Waals surface area contributed by atoms with Crippen LogP contribution in [0.1, 0.15) is 11.3 Å². The lowest BCUT2D eigenvalue weighted by Crippen LogP contribution is -2.33. The van der Waals surface area contributed by atoms with Gasteiger partial charge in [-0.3, -0.25) is 4.79 Å². The van der Waals surface area contributed by atoms with Gasteiger partial charge in [-0.05, 0) is 24.3 Å². The predicted octanol–water partition coefficient (Wildman–Crippen LogP) is 6.06. The van der Waals surface area contributed by atoms with Crippen molar-refractivity contribution in [3.05, 3.63) is 83.4 Å². The van der Waals surface area contributed by atoms with Gasteiger partial charge in [0.25, 0.3) is 0 Å². The largest absolute Gasteiger partial charge is 0.493 e. The molecule has 0 atom stereocenters. The minimum Gasteiger partial charge on any atom is -0.493 e. The molecule has 0 spiro atoms. The highest BCUT2D eigenvalue weighted by Crippen LogP contribution is 2.40. The fraction of sp³-hybridized carbons (Fsp3) is 0.179. The summed E-state index contributed by atoms with van der Waals surface area (Å²) in [6.07, 6.45) is 0.257. The van der Waals surface area contributed by atoms with Gasteiger partial charge in [-0.1, -0.05) is 42.5 Å². The molecule has 0 radical (unpaired) electrons.